The van der Waals surface area contributed by atoms with Gasteiger partial charge in [-0.15, -0.1) is 0 Å². The molecule has 0 aliphatic rings. The largest absolute Gasteiger partial charge is 0.390 e. The number of aryl methyl sites for hydroxylation is 1. The molecule has 0 saturated carbocycles. The Labute approximate surface area is 83.4 Å². The summed E-state index contributed by atoms with van der Waals surface area (Å²) in [6, 6.07) is 0. The van der Waals surface area contributed by atoms with E-state index in [1.54, 1.807) is 31.1 Å². The monoisotopic (exact) mass is 199 g/mol. The average Bonchev–Trinajstić information content (AvgIpc) is 2.59. The normalized spacial score (nSPS) is 15.4. The Kier molecular flexibility index (Phi) is 4.06. The summed E-state index contributed by atoms with van der Waals surface area (Å²) in [5.74, 6) is 0.494. The summed E-state index contributed by atoms with van der Waals surface area (Å²) < 4.78 is 1.70. The molecule has 1 rings (SSSR count). The molecule has 0 spiro atoms. The Bertz CT molecular complexity index is 275. The van der Waals surface area contributed by atoms with Crippen LogP contribution < -0.4 is 5.32 Å². The number of aliphatic hydroxyl groups is 2. The van der Waals surface area contributed by atoms with Crippen LogP contribution in [0.3, 0.4) is 0 Å². The van der Waals surface area contributed by atoms with Crippen molar-refractivity contribution in [3.8, 4) is 0 Å². The summed E-state index contributed by atoms with van der Waals surface area (Å²) in [7, 11) is 3.59. The van der Waals surface area contributed by atoms with E-state index in [1.165, 1.54) is 0 Å². The molecule has 2 atom stereocenters. The molecule has 1 heterocycles. The molecule has 3 N–H and O–H groups in total. The van der Waals surface area contributed by atoms with Gasteiger partial charge < -0.3 is 20.1 Å². The number of nitrogens with zero attached hydrogens (tertiary/aromatic N) is 2. The van der Waals surface area contributed by atoms with Crippen molar-refractivity contribution >= 4 is 0 Å². The van der Waals surface area contributed by atoms with Crippen LogP contribution >= 0.6 is 0 Å². The molecule has 0 amide bonds. The predicted molar refractivity (Wildman–Crippen MR) is 52.7 cm³/mol. The first-order chi connectivity index (χ1) is 6.66. The molecule has 1 aromatic rings. The first-order valence-corrected chi connectivity index (χ1v) is 4.64. The summed E-state index contributed by atoms with van der Waals surface area (Å²) >= 11 is 0. The first-order valence-electron chi connectivity index (χ1n) is 4.64. The van der Waals surface area contributed by atoms with Crippen molar-refractivity contribution in [3.05, 3.63) is 18.2 Å². The maximum Gasteiger partial charge on any atom is 0.140 e. The van der Waals surface area contributed by atoms with Gasteiger partial charge in [-0.3, -0.25) is 0 Å². The van der Waals surface area contributed by atoms with Gasteiger partial charge in [0.15, 0.2) is 0 Å². The third kappa shape index (κ3) is 2.54. The summed E-state index contributed by atoms with van der Waals surface area (Å²) in [4.78, 5) is 3.98. The van der Waals surface area contributed by atoms with E-state index in [9.17, 15) is 10.2 Å². The van der Waals surface area contributed by atoms with Crippen molar-refractivity contribution in [2.75, 3.05) is 13.6 Å². The van der Waals surface area contributed by atoms with Crippen LogP contribution in [-0.4, -0.2) is 39.5 Å². The Morgan fingerprint density at radius 1 is 1.57 bits per heavy atom. The van der Waals surface area contributed by atoms with Crippen molar-refractivity contribution in [1.29, 1.82) is 0 Å². The zero-order chi connectivity index (χ0) is 10.6. The molecule has 5 nitrogen and oxygen atoms in total. The average molecular weight is 199 g/mol. The number of aliphatic hydroxyl groups excluding tert-OH is 2. The van der Waals surface area contributed by atoms with Crippen molar-refractivity contribution < 1.29 is 10.2 Å². The second kappa shape index (κ2) is 5.09. The van der Waals surface area contributed by atoms with Gasteiger partial charge in [0.25, 0.3) is 0 Å². The minimum atomic E-state index is -0.914. The van der Waals surface area contributed by atoms with Crippen LogP contribution in [-0.2, 0) is 7.05 Å². The van der Waals surface area contributed by atoms with Gasteiger partial charge >= 0.3 is 0 Å². The molecule has 0 radical (unpaired) electrons. The first kappa shape index (κ1) is 11.2. The highest BCUT2D eigenvalue weighted by atomic mass is 16.3. The van der Waals surface area contributed by atoms with Crippen LogP contribution in [0.25, 0.3) is 0 Å². The molecule has 0 fully saturated rings. The lowest BCUT2D eigenvalue weighted by Gasteiger charge is -2.17. The maximum absolute atomic E-state index is 9.72. The van der Waals surface area contributed by atoms with Crippen molar-refractivity contribution in [2.45, 2.75) is 18.6 Å². The zero-order valence-electron chi connectivity index (χ0n) is 8.51. The van der Waals surface area contributed by atoms with Crippen LogP contribution in [0, 0.1) is 0 Å². The van der Waals surface area contributed by atoms with Gasteiger partial charge in [0.2, 0.25) is 0 Å². The topological polar surface area (TPSA) is 70.3 Å². The lowest BCUT2D eigenvalue weighted by Crippen LogP contribution is -2.25. The predicted octanol–water partition coefficient (Wildman–Crippen LogP) is -0.576. The fraction of sp³-hybridized carbons (Fsp3) is 0.667. The molecule has 0 aliphatic carbocycles. The Morgan fingerprint density at radius 2 is 2.29 bits per heavy atom. The summed E-state index contributed by atoms with van der Waals surface area (Å²) in [5, 5.41) is 22.2. The van der Waals surface area contributed by atoms with Gasteiger partial charge in [-0.05, 0) is 20.0 Å². The van der Waals surface area contributed by atoms with Crippen LogP contribution in [0.1, 0.15) is 18.3 Å². The smallest absolute Gasteiger partial charge is 0.140 e. The van der Waals surface area contributed by atoms with Crippen molar-refractivity contribution in [2.24, 2.45) is 7.05 Å². The highest BCUT2D eigenvalue weighted by Gasteiger charge is 2.20. The number of hydrogen-bond acceptors (Lipinski definition) is 4. The highest BCUT2D eigenvalue weighted by Crippen LogP contribution is 2.15. The molecular formula is C9H17N3O2. The number of imidazole rings is 1. The summed E-state index contributed by atoms with van der Waals surface area (Å²) in [5.41, 5.74) is 0. The summed E-state index contributed by atoms with van der Waals surface area (Å²) in [6.07, 6.45) is 2.16. The minimum absolute atomic E-state index is 0.494. The van der Waals surface area contributed by atoms with Crippen LogP contribution in [0.2, 0.25) is 0 Å². The van der Waals surface area contributed by atoms with Gasteiger partial charge in [0.1, 0.15) is 11.9 Å². The van der Waals surface area contributed by atoms with Gasteiger partial charge in [0, 0.05) is 19.4 Å². The van der Waals surface area contributed by atoms with Crippen LogP contribution in [0.4, 0.5) is 0 Å². The molecule has 14 heavy (non-hydrogen) atoms. The van der Waals surface area contributed by atoms with E-state index in [0.29, 0.717) is 18.8 Å². The lowest BCUT2D eigenvalue weighted by atomic mass is 10.1. The molecule has 1 aromatic heterocycles. The van der Waals surface area contributed by atoms with E-state index < -0.39 is 12.2 Å². The Hall–Kier alpha value is -0.910. The van der Waals surface area contributed by atoms with Gasteiger partial charge in [-0.1, -0.05) is 0 Å². The molecule has 0 aliphatic heterocycles. The van der Waals surface area contributed by atoms with E-state index in [2.05, 4.69) is 10.3 Å². The molecule has 80 valence electrons. The molecule has 5 heteroatoms. The second-order valence-corrected chi connectivity index (χ2v) is 3.30. The van der Waals surface area contributed by atoms with E-state index >= 15 is 0 Å². The van der Waals surface area contributed by atoms with E-state index in [0.717, 1.165) is 0 Å². The number of hydrogen-bond donors (Lipinski definition) is 3. The minimum Gasteiger partial charge on any atom is -0.390 e. The molecule has 0 aromatic carbocycles. The quantitative estimate of drug-likeness (QED) is 0.593. The van der Waals surface area contributed by atoms with Crippen LogP contribution in [0.5, 0.6) is 0 Å². The highest BCUT2D eigenvalue weighted by molar-refractivity contribution is 4.97. The third-order valence-corrected chi connectivity index (χ3v) is 2.18. The molecular weight excluding hydrogens is 182 g/mol. The number of aromatic nitrogens is 2. The van der Waals surface area contributed by atoms with Crippen molar-refractivity contribution in [3.63, 3.8) is 0 Å². The Balaban J connectivity index is 2.56. The summed E-state index contributed by atoms with van der Waals surface area (Å²) in [6.45, 7) is 0.669. The van der Waals surface area contributed by atoms with Gasteiger partial charge in [-0.2, -0.15) is 0 Å². The van der Waals surface area contributed by atoms with E-state index in [-0.39, 0.29) is 0 Å². The number of nitrogens with one attached hydrogen (secondary N) is 1. The number of rotatable bonds is 5. The fourth-order valence-corrected chi connectivity index (χ4v) is 1.28. The second-order valence-electron chi connectivity index (χ2n) is 3.30. The molecule has 2 unspecified atom stereocenters. The van der Waals surface area contributed by atoms with Crippen molar-refractivity contribution in [1.82, 2.24) is 14.9 Å². The van der Waals surface area contributed by atoms with E-state index in [1.807, 2.05) is 0 Å². The van der Waals surface area contributed by atoms with Crippen LogP contribution in [0.15, 0.2) is 12.4 Å². The van der Waals surface area contributed by atoms with Gasteiger partial charge in [0.05, 0.1) is 6.10 Å². The molecule has 0 saturated heterocycles. The van der Waals surface area contributed by atoms with Gasteiger partial charge in [-0.25, -0.2) is 4.98 Å². The third-order valence-electron chi connectivity index (χ3n) is 2.18. The zero-order valence-corrected chi connectivity index (χ0v) is 8.51. The standard InChI is InChI=1S/C9H17N3O2/c1-10-4-3-7(13)8(14)9-11-5-6-12(9)2/h5-8,10,13-14H,3-4H2,1-2H3. The molecule has 0 bridgehead atoms. The lowest BCUT2D eigenvalue weighted by molar-refractivity contribution is 0.00730. The fourth-order valence-electron chi connectivity index (χ4n) is 1.28. The van der Waals surface area contributed by atoms with E-state index in [4.69, 9.17) is 0 Å². The Morgan fingerprint density at radius 3 is 2.79 bits per heavy atom. The maximum atomic E-state index is 9.72. The SMILES string of the molecule is CNCCC(O)C(O)c1nccn1C.